The Morgan fingerprint density at radius 2 is 2.38 bits per heavy atom. The average Bonchev–Trinajstić information content (AvgIpc) is 2.83. The van der Waals surface area contributed by atoms with E-state index in [4.69, 9.17) is 4.42 Å². The van der Waals surface area contributed by atoms with E-state index in [-0.39, 0.29) is 0 Å². The van der Waals surface area contributed by atoms with Crippen LogP contribution in [0.2, 0.25) is 0 Å². The Morgan fingerprint density at radius 3 is 3.12 bits per heavy atom. The minimum atomic E-state index is 0.772. The lowest BCUT2D eigenvalue weighted by Gasteiger charge is -2.01. The van der Waals surface area contributed by atoms with Crippen LogP contribution in [0.3, 0.4) is 0 Å². The van der Waals surface area contributed by atoms with Crippen LogP contribution in [0.4, 0.5) is 0 Å². The molecule has 0 radical (unpaired) electrons. The summed E-state index contributed by atoms with van der Waals surface area (Å²) in [5, 5.41) is 4.26. The molecule has 16 heavy (non-hydrogen) atoms. The monoisotopic (exact) mass is 235 g/mol. The van der Waals surface area contributed by atoms with E-state index in [9.17, 15) is 0 Å². The number of hydrogen-bond acceptors (Lipinski definition) is 5. The molecule has 84 valence electrons. The first kappa shape index (κ1) is 11.2. The second-order valence-corrected chi connectivity index (χ2v) is 4.26. The Bertz CT molecular complexity index is 391. The van der Waals surface area contributed by atoms with Gasteiger partial charge in [0.25, 0.3) is 0 Å². The molecule has 0 amide bonds. The summed E-state index contributed by atoms with van der Waals surface area (Å²) in [6, 6.07) is 3.86. The molecule has 0 aromatic carbocycles. The van der Waals surface area contributed by atoms with Gasteiger partial charge in [0.05, 0.1) is 19.0 Å². The van der Waals surface area contributed by atoms with Gasteiger partial charge in [-0.15, -0.1) is 11.8 Å². The Labute approximate surface area is 98.5 Å². The number of hydrogen-bond donors (Lipinski definition) is 1. The second kappa shape index (κ2) is 6.30. The zero-order chi connectivity index (χ0) is 11.1. The first-order chi connectivity index (χ1) is 7.95. The maximum absolute atomic E-state index is 5.21. The number of nitrogens with one attached hydrogen (secondary N) is 1. The summed E-state index contributed by atoms with van der Waals surface area (Å²) in [4.78, 5) is 8.19. The molecule has 1 N–H and O–H groups in total. The van der Waals surface area contributed by atoms with Gasteiger partial charge in [-0.3, -0.25) is 4.98 Å². The van der Waals surface area contributed by atoms with E-state index in [1.54, 1.807) is 36.6 Å². The fourth-order valence-corrected chi connectivity index (χ4v) is 1.94. The number of furan rings is 1. The number of nitrogens with zero attached hydrogens (tertiary/aromatic N) is 2. The van der Waals surface area contributed by atoms with Crippen molar-refractivity contribution in [3.05, 3.63) is 42.7 Å². The van der Waals surface area contributed by atoms with Gasteiger partial charge in [-0.2, -0.15) is 0 Å². The highest BCUT2D eigenvalue weighted by atomic mass is 32.2. The topological polar surface area (TPSA) is 51.0 Å². The minimum absolute atomic E-state index is 0.772. The van der Waals surface area contributed by atoms with Gasteiger partial charge in [-0.1, -0.05) is 0 Å². The minimum Gasteiger partial charge on any atom is -0.468 e. The molecule has 2 heterocycles. The molecule has 0 bridgehead atoms. The van der Waals surface area contributed by atoms with Crippen LogP contribution < -0.4 is 5.32 Å². The van der Waals surface area contributed by atoms with Crippen molar-refractivity contribution >= 4 is 11.8 Å². The maximum Gasteiger partial charge on any atom is 0.117 e. The standard InChI is InChI=1S/C11H13N3OS/c1-2-10(15-6-1)8-13-5-7-16-11-9-12-3-4-14-11/h1-4,6,9,13H,5,7-8H2. The molecule has 4 nitrogen and oxygen atoms in total. The summed E-state index contributed by atoms with van der Waals surface area (Å²) in [5.41, 5.74) is 0. The van der Waals surface area contributed by atoms with Crippen LogP contribution >= 0.6 is 11.8 Å². The normalized spacial score (nSPS) is 10.5. The zero-order valence-electron chi connectivity index (χ0n) is 8.80. The van der Waals surface area contributed by atoms with Crippen LogP contribution in [0.5, 0.6) is 0 Å². The van der Waals surface area contributed by atoms with Gasteiger partial charge in [-0.25, -0.2) is 4.98 Å². The summed E-state index contributed by atoms with van der Waals surface area (Å²) in [6.07, 6.45) is 6.85. The third kappa shape index (κ3) is 3.67. The van der Waals surface area contributed by atoms with Crippen molar-refractivity contribution in [3.63, 3.8) is 0 Å². The molecule has 0 atom stereocenters. The second-order valence-electron chi connectivity index (χ2n) is 3.15. The third-order valence-electron chi connectivity index (χ3n) is 1.95. The van der Waals surface area contributed by atoms with E-state index in [0.717, 1.165) is 29.6 Å². The predicted molar refractivity (Wildman–Crippen MR) is 63.2 cm³/mol. The van der Waals surface area contributed by atoms with Crippen molar-refractivity contribution in [2.24, 2.45) is 0 Å². The molecule has 5 heteroatoms. The van der Waals surface area contributed by atoms with Gasteiger partial charge < -0.3 is 9.73 Å². The smallest absolute Gasteiger partial charge is 0.117 e. The molecular weight excluding hydrogens is 222 g/mol. The van der Waals surface area contributed by atoms with Crippen molar-refractivity contribution in [3.8, 4) is 0 Å². The summed E-state index contributed by atoms with van der Waals surface area (Å²) in [6.45, 7) is 1.69. The first-order valence-corrected chi connectivity index (χ1v) is 6.05. The molecule has 2 rings (SSSR count). The van der Waals surface area contributed by atoms with Crippen LogP contribution in [-0.2, 0) is 6.54 Å². The molecule has 2 aromatic rings. The summed E-state index contributed by atoms with van der Waals surface area (Å²) in [7, 11) is 0. The van der Waals surface area contributed by atoms with Gasteiger partial charge in [0.2, 0.25) is 0 Å². The van der Waals surface area contributed by atoms with Crippen LogP contribution in [-0.4, -0.2) is 22.3 Å². The molecule has 0 fully saturated rings. The van der Waals surface area contributed by atoms with Gasteiger partial charge in [0.15, 0.2) is 0 Å². The number of rotatable bonds is 6. The van der Waals surface area contributed by atoms with Gasteiger partial charge in [0, 0.05) is 24.7 Å². The lowest BCUT2D eigenvalue weighted by Crippen LogP contribution is -2.16. The van der Waals surface area contributed by atoms with E-state index in [1.165, 1.54) is 0 Å². The predicted octanol–water partition coefficient (Wildman–Crippen LogP) is 1.95. The Balaban J connectivity index is 1.59. The summed E-state index contributed by atoms with van der Waals surface area (Å²) in [5.74, 6) is 1.93. The molecule has 0 aliphatic rings. The maximum atomic E-state index is 5.21. The van der Waals surface area contributed by atoms with E-state index in [2.05, 4.69) is 15.3 Å². The molecule has 0 spiro atoms. The lowest BCUT2D eigenvalue weighted by molar-refractivity contribution is 0.488. The molecule has 2 aromatic heterocycles. The quantitative estimate of drug-likeness (QED) is 0.612. The fraction of sp³-hybridized carbons (Fsp3) is 0.273. The van der Waals surface area contributed by atoms with Crippen molar-refractivity contribution < 1.29 is 4.42 Å². The van der Waals surface area contributed by atoms with Crippen LogP contribution in [0.15, 0.2) is 46.4 Å². The van der Waals surface area contributed by atoms with Crippen molar-refractivity contribution in [1.29, 1.82) is 0 Å². The Morgan fingerprint density at radius 1 is 1.38 bits per heavy atom. The first-order valence-electron chi connectivity index (χ1n) is 5.07. The largest absolute Gasteiger partial charge is 0.468 e. The highest BCUT2D eigenvalue weighted by molar-refractivity contribution is 7.99. The van der Waals surface area contributed by atoms with Crippen LogP contribution in [0.25, 0.3) is 0 Å². The van der Waals surface area contributed by atoms with Crippen molar-refractivity contribution in [2.45, 2.75) is 11.6 Å². The van der Waals surface area contributed by atoms with E-state index >= 15 is 0 Å². The fourth-order valence-electron chi connectivity index (χ4n) is 1.21. The van der Waals surface area contributed by atoms with E-state index in [0.29, 0.717) is 0 Å². The SMILES string of the molecule is c1coc(CNCCSc2cnccn2)c1. The summed E-state index contributed by atoms with van der Waals surface area (Å²) < 4.78 is 5.21. The Hall–Kier alpha value is -1.33. The van der Waals surface area contributed by atoms with Gasteiger partial charge in [0.1, 0.15) is 10.8 Å². The summed E-state index contributed by atoms with van der Waals surface area (Å²) >= 11 is 1.69. The van der Waals surface area contributed by atoms with E-state index < -0.39 is 0 Å². The van der Waals surface area contributed by atoms with Crippen molar-refractivity contribution in [1.82, 2.24) is 15.3 Å². The molecule has 0 saturated carbocycles. The molecular formula is C11H13N3OS. The molecule has 0 saturated heterocycles. The highest BCUT2D eigenvalue weighted by Gasteiger charge is 1.96. The lowest BCUT2D eigenvalue weighted by atomic mass is 10.4. The van der Waals surface area contributed by atoms with Gasteiger partial charge >= 0.3 is 0 Å². The van der Waals surface area contributed by atoms with Crippen LogP contribution in [0, 0.1) is 0 Å². The highest BCUT2D eigenvalue weighted by Crippen LogP contribution is 2.11. The van der Waals surface area contributed by atoms with Crippen LogP contribution in [0.1, 0.15) is 5.76 Å². The average molecular weight is 235 g/mol. The number of thioether (sulfide) groups is 1. The molecule has 0 aliphatic heterocycles. The third-order valence-corrected chi connectivity index (χ3v) is 2.86. The molecule has 0 aliphatic carbocycles. The van der Waals surface area contributed by atoms with E-state index in [1.807, 2.05) is 12.1 Å². The zero-order valence-corrected chi connectivity index (χ0v) is 9.61. The molecule has 0 unspecified atom stereocenters. The number of aromatic nitrogens is 2. The van der Waals surface area contributed by atoms with Crippen molar-refractivity contribution in [2.75, 3.05) is 12.3 Å². The Kier molecular flexibility index (Phi) is 4.39. The van der Waals surface area contributed by atoms with Gasteiger partial charge in [-0.05, 0) is 12.1 Å².